The van der Waals surface area contributed by atoms with E-state index >= 15 is 0 Å². The molecule has 1 aromatic rings. The number of aromatic nitrogens is 1. The van der Waals surface area contributed by atoms with E-state index in [9.17, 15) is 9.90 Å². The lowest BCUT2D eigenvalue weighted by Crippen LogP contribution is -2.57. The van der Waals surface area contributed by atoms with Gasteiger partial charge in [0.15, 0.2) is 0 Å². The summed E-state index contributed by atoms with van der Waals surface area (Å²) >= 11 is 1.54. The van der Waals surface area contributed by atoms with Gasteiger partial charge in [-0.25, -0.2) is 0 Å². The Kier molecular flexibility index (Phi) is 5.79. The fourth-order valence-corrected chi connectivity index (χ4v) is 4.63. The molecule has 0 radical (unpaired) electrons. The highest BCUT2D eigenvalue weighted by Gasteiger charge is 2.45. The van der Waals surface area contributed by atoms with Gasteiger partial charge in [0.2, 0.25) is 5.91 Å². The van der Waals surface area contributed by atoms with Gasteiger partial charge in [0.1, 0.15) is 0 Å². The van der Waals surface area contributed by atoms with Gasteiger partial charge >= 0.3 is 0 Å². The monoisotopic (exact) mass is 350 g/mol. The third-order valence-electron chi connectivity index (χ3n) is 5.42. The fraction of sp³-hybridized carbons (Fsp3) is 0.667. The summed E-state index contributed by atoms with van der Waals surface area (Å²) < 4.78 is 5.42. The van der Waals surface area contributed by atoms with Crippen molar-refractivity contribution in [1.29, 1.82) is 0 Å². The number of aliphatic hydroxyl groups is 1. The molecule has 1 N–H and O–H groups in total. The van der Waals surface area contributed by atoms with Crippen molar-refractivity contribution in [3.63, 3.8) is 0 Å². The fourth-order valence-electron chi connectivity index (χ4n) is 3.84. The van der Waals surface area contributed by atoms with Crippen molar-refractivity contribution >= 4 is 17.7 Å². The maximum absolute atomic E-state index is 12.5. The van der Waals surface area contributed by atoms with E-state index in [4.69, 9.17) is 4.74 Å². The number of carbonyl (C=O) groups is 1. The Morgan fingerprint density at radius 3 is 2.79 bits per heavy atom. The van der Waals surface area contributed by atoms with Crippen LogP contribution in [0.2, 0.25) is 0 Å². The van der Waals surface area contributed by atoms with Crippen molar-refractivity contribution < 1.29 is 14.6 Å². The maximum Gasteiger partial charge on any atom is 0.232 e. The lowest BCUT2D eigenvalue weighted by atomic mass is 9.70. The molecule has 2 saturated heterocycles. The van der Waals surface area contributed by atoms with Crippen LogP contribution in [0.1, 0.15) is 26.2 Å². The second kappa shape index (κ2) is 7.85. The smallest absolute Gasteiger partial charge is 0.232 e. The van der Waals surface area contributed by atoms with Crippen LogP contribution in [-0.4, -0.2) is 58.6 Å². The van der Waals surface area contributed by atoms with Gasteiger partial charge in [0.05, 0.1) is 11.4 Å². The number of thioether (sulfide) groups is 1. The first kappa shape index (κ1) is 17.7. The highest BCUT2D eigenvalue weighted by Crippen LogP contribution is 2.39. The van der Waals surface area contributed by atoms with Crippen molar-refractivity contribution in [3.8, 4) is 0 Å². The van der Waals surface area contributed by atoms with E-state index in [-0.39, 0.29) is 11.8 Å². The van der Waals surface area contributed by atoms with Crippen LogP contribution in [0.3, 0.4) is 0 Å². The quantitative estimate of drug-likeness (QED) is 0.844. The van der Waals surface area contributed by atoms with Crippen molar-refractivity contribution in [1.82, 2.24) is 9.88 Å². The molecule has 0 bridgehead atoms. The van der Waals surface area contributed by atoms with Gasteiger partial charge < -0.3 is 14.7 Å². The average molecular weight is 350 g/mol. The summed E-state index contributed by atoms with van der Waals surface area (Å²) in [6.07, 6.45) is 6.00. The molecule has 6 heteroatoms. The van der Waals surface area contributed by atoms with E-state index in [1.165, 1.54) is 0 Å². The molecule has 24 heavy (non-hydrogen) atoms. The van der Waals surface area contributed by atoms with E-state index in [1.54, 1.807) is 24.2 Å². The van der Waals surface area contributed by atoms with E-state index in [0.29, 0.717) is 31.2 Å². The molecular weight excluding hydrogens is 324 g/mol. The lowest BCUT2D eigenvalue weighted by molar-refractivity contribution is -0.149. The zero-order chi connectivity index (χ0) is 17.0. The Morgan fingerprint density at radius 1 is 1.42 bits per heavy atom. The van der Waals surface area contributed by atoms with Crippen LogP contribution >= 0.6 is 11.8 Å². The number of piperidine rings is 1. The number of carbonyl (C=O) groups excluding carboxylic acids is 1. The first-order chi connectivity index (χ1) is 11.6. The van der Waals surface area contributed by atoms with Crippen LogP contribution in [0.25, 0.3) is 0 Å². The van der Waals surface area contributed by atoms with Gasteiger partial charge in [-0.15, -0.1) is 11.8 Å². The van der Waals surface area contributed by atoms with Crippen molar-refractivity contribution in [2.45, 2.75) is 36.7 Å². The molecule has 2 aliphatic rings. The predicted octanol–water partition coefficient (Wildman–Crippen LogP) is 2.20. The number of hydrogen-bond acceptors (Lipinski definition) is 5. The molecule has 2 fully saturated rings. The third kappa shape index (κ3) is 3.92. The number of amides is 1. The Hall–Kier alpha value is -1.11. The molecule has 3 rings (SSSR count). The SMILES string of the molecule is C[C@@H]1CN(C(=O)CSc2ccncc2)CC[C@@]1(O)C1CCOCC1. The first-order valence-electron chi connectivity index (χ1n) is 8.70. The maximum atomic E-state index is 12.5. The number of ether oxygens (including phenoxy) is 1. The van der Waals surface area contributed by atoms with E-state index in [0.717, 1.165) is 31.0 Å². The van der Waals surface area contributed by atoms with Crippen LogP contribution in [0.5, 0.6) is 0 Å². The highest BCUT2D eigenvalue weighted by atomic mass is 32.2. The van der Waals surface area contributed by atoms with Crippen molar-refractivity contribution in [2.75, 3.05) is 32.1 Å². The topological polar surface area (TPSA) is 62.7 Å². The van der Waals surface area contributed by atoms with Gasteiger partial charge in [0.25, 0.3) is 0 Å². The number of likely N-dealkylation sites (tertiary alicyclic amines) is 1. The van der Waals surface area contributed by atoms with Gasteiger partial charge in [-0.2, -0.15) is 0 Å². The summed E-state index contributed by atoms with van der Waals surface area (Å²) in [6.45, 7) is 4.85. The van der Waals surface area contributed by atoms with E-state index < -0.39 is 5.60 Å². The number of nitrogens with zero attached hydrogens (tertiary/aromatic N) is 2. The largest absolute Gasteiger partial charge is 0.389 e. The van der Waals surface area contributed by atoms with Gasteiger partial charge in [-0.1, -0.05) is 6.92 Å². The Morgan fingerprint density at radius 2 is 2.12 bits per heavy atom. The predicted molar refractivity (Wildman–Crippen MR) is 93.8 cm³/mol. The molecular formula is C18H26N2O3S. The Balaban J connectivity index is 1.53. The van der Waals surface area contributed by atoms with E-state index in [2.05, 4.69) is 11.9 Å². The summed E-state index contributed by atoms with van der Waals surface area (Å²) in [4.78, 5) is 19.4. The number of hydrogen-bond donors (Lipinski definition) is 1. The summed E-state index contributed by atoms with van der Waals surface area (Å²) in [6, 6.07) is 3.83. The van der Waals surface area contributed by atoms with Crippen molar-refractivity contribution in [3.05, 3.63) is 24.5 Å². The van der Waals surface area contributed by atoms with Crippen LogP contribution in [0, 0.1) is 11.8 Å². The van der Waals surface area contributed by atoms with Crippen molar-refractivity contribution in [2.24, 2.45) is 11.8 Å². The minimum absolute atomic E-state index is 0.101. The Bertz CT molecular complexity index is 550. The molecule has 2 aliphatic heterocycles. The summed E-state index contributed by atoms with van der Waals surface area (Å²) in [5.41, 5.74) is -0.654. The standard InChI is InChI=1S/C18H26N2O3S/c1-14-12-20(17(21)13-24-16-2-7-19-8-3-16)9-6-18(14,22)15-4-10-23-11-5-15/h2-3,7-8,14-15,22H,4-6,9-13H2,1H3/t14-,18+/m1/s1. The van der Waals surface area contributed by atoms with Crippen LogP contribution in [0.4, 0.5) is 0 Å². The van der Waals surface area contributed by atoms with Gasteiger partial charge in [-0.05, 0) is 37.3 Å². The molecule has 1 aromatic heterocycles. The molecule has 1 amide bonds. The molecule has 5 nitrogen and oxygen atoms in total. The van der Waals surface area contributed by atoms with Crippen LogP contribution in [-0.2, 0) is 9.53 Å². The third-order valence-corrected chi connectivity index (χ3v) is 6.42. The normalized spacial score (nSPS) is 28.8. The molecule has 0 spiro atoms. The van der Waals surface area contributed by atoms with Crippen LogP contribution < -0.4 is 0 Å². The zero-order valence-corrected chi connectivity index (χ0v) is 15.0. The van der Waals surface area contributed by atoms with Crippen LogP contribution in [0.15, 0.2) is 29.4 Å². The zero-order valence-electron chi connectivity index (χ0n) is 14.2. The van der Waals surface area contributed by atoms with Gasteiger partial charge in [0, 0.05) is 49.5 Å². The molecule has 132 valence electrons. The second-order valence-electron chi connectivity index (χ2n) is 6.84. The molecule has 0 unspecified atom stereocenters. The number of rotatable bonds is 4. The first-order valence-corrected chi connectivity index (χ1v) is 9.69. The molecule has 0 saturated carbocycles. The molecule has 0 aromatic carbocycles. The highest BCUT2D eigenvalue weighted by molar-refractivity contribution is 8.00. The summed E-state index contributed by atoms with van der Waals surface area (Å²) in [5.74, 6) is 0.985. The van der Waals surface area contributed by atoms with Gasteiger partial charge in [-0.3, -0.25) is 9.78 Å². The minimum Gasteiger partial charge on any atom is -0.389 e. The number of pyridine rings is 1. The summed E-state index contributed by atoms with van der Waals surface area (Å²) in [7, 11) is 0. The second-order valence-corrected chi connectivity index (χ2v) is 7.89. The lowest BCUT2D eigenvalue weighted by Gasteiger charge is -2.48. The Labute approximate surface area is 147 Å². The average Bonchev–Trinajstić information content (AvgIpc) is 2.63. The minimum atomic E-state index is -0.654. The molecule has 0 aliphatic carbocycles. The summed E-state index contributed by atoms with van der Waals surface area (Å²) in [5, 5.41) is 11.2. The molecule has 3 heterocycles. The van der Waals surface area contributed by atoms with E-state index in [1.807, 2.05) is 17.0 Å². The molecule has 2 atom stereocenters.